The molecule has 3 aromatic rings. The number of H-pyrrole nitrogens is 1. The number of thioether (sulfide) groups is 1. The van der Waals surface area contributed by atoms with Crippen LogP contribution in [0.15, 0.2) is 59.1 Å². The van der Waals surface area contributed by atoms with E-state index in [-0.39, 0.29) is 22.1 Å². The normalized spacial score (nSPS) is 23.2. The molecule has 180 valence electrons. The summed E-state index contributed by atoms with van der Waals surface area (Å²) in [6.45, 7) is 3.99. The highest BCUT2D eigenvalue weighted by atomic mass is 79.9. The molecule has 0 spiro atoms. The van der Waals surface area contributed by atoms with Crippen molar-refractivity contribution in [1.29, 1.82) is 0 Å². The Morgan fingerprint density at radius 1 is 1.20 bits per heavy atom. The molecular formula is C23H21BrN6O4S. The van der Waals surface area contributed by atoms with Crippen LogP contribution in [-0.2, 0) is 14.4 Å². The number of carbonyl (C=O) groups excluding carboxylic acids is 3. The van der Waals surface area contributed by atoms with Gasteiger partial charge in [-0.1, -0.05) is 52.3 Å². The molecule has 3 unspecified atom stereocenters. The second-order valence-corrected chi connectivity index (χ2v) is 11.4. The number of benzene rings is 2. The highest BCUT2D eigenvalue weighted by molar-refractivity contribution is 9.10. The van der Waals surface area contributed by atoms with E-state index in [1.165, 1.54) is 0 Å². The average molecular weight is 557 g/mol. The number of aromatic amines is 1. The fraction of sp³-hybridized carbons (Fsp3) is 0.304. The molecule has 0 radical (unpaired) electrons. The first-order valence-corrected chi connectivity index (χ1v) is 12.5. The van der Waals surface area contributed by atoms with E-state index in [0.29, 0.717) is 17.1 Å². The second kappa shape index (κ2) is 9.08. The number of carbonyl (C=O) groups is 3. The van der Waals surface area contributed by atoms with Crippen molar-refractivity contribution in [3.8, 4) is 5.75 Å². The summed E-state index contributed by atoms with van der Waals surface area (Å²) in [5.41, 5.74) is 0.471. The third kappa shape index (κ3) is 4.31. The summed E-state index contributed by atoms with van der Waals surface area (Å²) in [5.74, 6) is -2.04. The molecule has 0 saturated carbocycles. The SMILES string of the molecule is CC1(C)S[C@H]2C(NC(=O)C(C(=O)Oc3cccc(Br)c3)c3ccccc3)C(=O)N2C1c1nnn[nH]1. The van der Waals surface area contributed by atoms with E-state index in [2.05, 4.69) is 41.9 Å². The number of nitrogens with zero attached hydrogens (tertiary/aromatic N) is 4. The highest BCUT2D eigenvalue weighted by Crippen LogP contribution is 2.56. The van der Waals surface area contributed by atoms with Crippen molar-refractivity contribution in [2.45, 2.75) is 42.0 Å². The van der Waals surface area contributed by atoms with Crippen LogP contribution in [0, 0.1) is 0 Å². The molecule has 2 aliphatic rings. The minimum absolute atomic E-state index is 0.255. The first kappa shape index (κ1) is 23.5. The molecule has 0 bridgehead atoms. The number of aromatic nitrogens is 4. The minimum Gasteiger partial charge on any atom is -0.426 e. The van der Waals surface area contributed by atoms with Gasteiger partial charge in [0.15, 0.2) is 11.7 Å². The third-order valence-corrected chi connectivity index (χ3v) is 8.07. The van der Waals surface area contributed by atoms with E-state index in [4.69, 9.17) is 4.74 Å². The van der Waals surface area contributed by atoms with Crippen LogP contribution in [0.1, 0.15) is 37.2 Å². The van der Waals surface area contributed by atoms with Gasteiger partial charge in [0.2, 0.25) is 11.8 Å². The molecule has 2 fully saturated rings. The van der Waals surface area contributed by atoms with Crippen LogP contribution in [0.4, 0.5) is 0 Å². The zero-order valence-corrected chi connectivity index (χ0v) is 21.1. The number of β-lactam (4-membered cyclic amide) rings is 1. The van der Waals surface area contributed by atoms with Crippen molar-refractivity contribution in [3.63, 3.8) is 0 Å². The largest absolute Gasteiger partial charge is 0.426 e. The van der Waals surface area contributed by atoms with Crippen LogP contribution in [0.3, 0.4) is 0 Å². The van der Waals surface area contributed by atoms with Crippen molar-refractivity contribution < 1.29 is 19.1 Å². The Hall–Kier alpha value is -3.25. The van der Waals surface area contributed by atoms with Gasteiger partial charge >= 0.3 is 5.97 Å². The maximum Gasteiger partial charge on any atom is 0.328 e. The third-order valence-electron chi connectivity index (χ3n) is 6.00. The summed E-state index contributed by atoms with van der Waals surface area (Å²) >= 11 is 4.90. The van der Waals surface area contributed by atoms with E-state index in [1.807, 2.05) is 13.8 Å². The summed E-state index contributed by atoms with van der Waals surface area (Å²) in [4.78, 5) is 41.4. The van der Waals surface area contributed by atoms with Crippen LogP contribution in [0.2, 0.25) is 0 Å². The number of hydrogen-bond donors (Lipinski definition) is 2. The Balaban J connectivity index is 1.36. The van der Waals surface area contributed by atoms with Gasteiger partial charge in [0.1, 0.15) is 23.2 Å². The molecule has 2 aliphatic heterocycles. The monoisotopic (exact) mass is 556 g/mol. The molecule has 2 amide bonds. The van der Waals surface area contributed by atoms with Crippen LogP contribution in [-0.4, -0.2) is 59.5 Å². The Bertz CT molecular complexity index is 1270. The van der Waals surface area contributed by atoms with E-state index in [9.17, 15) is 14.4 Å². The van der Waals surface area contributed by atoms with Crippen LogP contribution in [0.25, 0.3) is 0 Å². The first-order valence-electron chi connectivity index (χ1n) is 10.8. The molecule has 2 aromatic carbocycles. The fourth-order valence-corrected chi connectivity index (χ4v) is 6.47. The summed E-state index contributed by atoms with van der Waals surface area (Å²) in [6, 6.07) is 14.3. The zero-order valence-electron chi connectivity index (χ0n) is 18.7. The van der Waals surface area contributed by atoms with E-state index in [1.54, 1.807) is 71.3 Å². The number of tetrazole rings is 1. The van der Waals surface area contributed by atoms with E-state index >= 15 is 0 Å². The molecule has 3 heterocycles. The zero-order chi connectivity index (χ0) is 24.7. The number of ether oxygens (including phenoxy) is 1. The van der Waals surface area contributed by atoms with Gasteiger partial charge in [0.25, 0.3) is 0 Å². The van der Waals surface area contributed by atoms with Crippen molar-refractivity contribution in [1.82, 2.24) is 30.8 Å². The van der Waals surface area contributed by atoms with Crippen molar-refractivity contribution in [3.05, 3.63) is 70.5 Å². The van der Waals surface area contributed by atoms with E-state index in [0.717, 1.165) is 4.47 Å². The Kier molecular flexibility index (Phi) is 6.09. The smallest absolute Gasteiger partial charge is 0.328 e. The predicted octanol–water partition coefficient (Wildman–Crippen LogP) is 2.57. The molecular weight excluding hydrogens is 536 g/mol. The molecule has 10 nitrogen and oxygen atoms in total. The number of halogens is 1. The minimum atomic E-state index is -1.24. The summed E-state index contributed by atoms with van der Waals surface area (Å²) in [6.07, 6.45) is 0. The van der Waals surface area contributed by atoms with Gasteiger partial charge in [-0.2, -0.15) is 0 Å². The lowest BCUT2D eigenvalue weighted by Gasteiger charge is -2.44. The van der Waals surface area contributed by atoms with Gasteiger partial charge in [0.05, 0.1) is 0 Å². The predicted molar refractivity (Wildman–Crippen MR) is 130 cm³/mol. The van der Waals surface area contributed by atoms with Crippen molar-refractivity contribution in [2.75, 3.05) is 0 Å². The molecule has 35 heavy (non-hydrogen) atoms. The first-order chi connectivity index (χ1) is 16.8. The van der Waals surface area contributed by atoms with Gasteiger partial charge in [-0.3, -0.25) is 14.4 Å². The number of nitrogens with one attached hydrogen (secondary N) is 2. The lowest BCUT2D eigenvalue weighted by atomic mass is 9.94. The maximum atomic E-state index is 13.4. The van der Waals surface area contributed by atoms with Gasteiger partial charge in [-0.25, -0.2) is 5.10 Å². The molecule has 2 N–H and O–H groups in total. The fourth-order valence-electron chi connectivity index (χ4n) is 4.45. The Morgan fingerprint density at radius 3 is 2.66 bits per heavy atom. The van der Waals surface area contributed by atoms with Crippen LogP contribution in [0.5, 0.6) is 5.75 Å². The topological polar surface area (TPSA) is 130 Å². The highest BCUT2D eigenvalue weighted by Gasteiger charge is 2.63. The van der Waals surface area contributed by atoms with Gasteiger partial charge in [-0.15, -0.1) is 16.9 Å². The second-order valence-electron chi connectivity index (χ2n) is 8.75. The van der Waals surface area contributed by atoms with Crippen molar-refractivity contribution >= 4 is 45.5 Å². The van der Waals surface area contributed by atoms with Crippen LogP contribution < -0.4 is 10.1 Å². The molecule has 5 rings (SSSR count). The van der Waals surface area contributed by atoms with Gasteiger partial charge in [-0.05, 0) is 48.0 Å². The summed E-state index contributed by atoms with van der Waals surface area (Å²) < 4.78 is 5.87. The quantitative estimate of drug-likeness (QED) is 0.205. The lowest BCUT2D eigenvalue weighted by Crippen LogP contribution is -2.68. The number of hydrogen-bond acceptors (Lipinski definition) is 8. The molecule has 12 heteroatoms. The number of fused-ring (bicyclic) bond motifs is 1. The Morgan fingerprint density at radius 2 is 1.97 bits per heavy atom. The number of amides is 2. The van der Waals surface area contributed by atoms with Gasteiger partial charge < -0.3 is 15.0 Å². The summed E-state index contributed by atoms with van der Waals surface area (Å²) in [5, 5.41) is 16.5. The molecule has 4 atom stereocenters. The molecule has 1 aromatic heterocycles. The van der Waals surface area contributed by atoms with Gasteiger partial charge in [0, 0.05) is 9.22 Å². The van der Waals surface area contributed by atoms with E-state index < -0.39 is 23.8 Å². The maximum absolute atomic E-state index is 13.4. The average Bonchev–Trinajstić information content (AvgIpc) is 3.42. The molecule has 0 aliphatic carbocycles. The number of rotatable bonds is 6. The number of esters is 1. The van der Waals surface area contributed by atoms with Crippen molar-refractivity contribution in [2.24, 2.45) is 0 Å². The summed E-state index contributed by atoms with van der Waals surface area (Å²) in [7, 11) is 0. The molecule has 2 saturated heterocycles. The van der Waals surface area contributed by atoms with Crippen LogP contribution >= 0.6 is 27.7 Å². The lowest BCUT2D eigenvalue weighted by molar-refractivity contribution is -0.153. The Labute approximate surface area is 213 Å². The standard InChI is InChI=1S/C23H21BrN6O4S/c1-23(2)17(18-26-28-29-27-18)30-20(32)16(21(30)35-23)25-19(31)15(12-7-4-3-5-8-12)22(33)34-14-10-6-9-13(24)11-14/h3-11,15-17,21H,1-2H3,(H,25,31)(H,26,27,28,29)/t15?,16?,17?,21-/m0/s1.